The van der Waals surface area contributed by atoms with E-state index in [0.29, 0.717) is 0 Å². The van der Waals surface area contributed by atoms with E-state index in [1.165, 1.54) is 0 Å². The monoisotopic (exact) mass is 391 g/mol. The Morgan fingerprint density at radius 3 is 1.00 bits per heavy atom. The molecule has 0 fully saturated rings. The van der Waals surface area contributed by atoms with E-state index in [9.17, 15) is 0 Å². The van der Waals surface area contributed by atoms with Gasteiger partial charge in [-0.25, -0.2) is 0 Å². The second-order valence-corrected chi connectivity index (χ2v) is 0. The Morgan fingerprint density at radius 2 is 1.00 bits per heavy atom. The predicted octanol–water partition coefficient (Wildman–Crippen LogP) is -0.388. The van der Waals surface area contributed by atoms with Crippen molar-refractivity contribution in [2.24, 2.45) is 0 Å². The maximum atomic E-state index is 0. The van der Waals surface area contributed by atoms with Crippen LogP contribution in [0.2, 0.25) is 0 Å². The molecule has 0 unspecified atom stereocenters. The third-order valence-electron chi connectivity index (χ3n) is 0. The zero-order valence-corrected chi connectivity index (χ0v) is 8.77. The number of hydrogen-bond donors (Lipinski definition) is 0. The zero-order chi connectivity index (χ0) is 0. The van der Waals surface area contributed by atoms with Gasteiger partial charge < -0.3 is 0 Å². The maximum absolute atomic E-state index is 0. The summed E-state index contributed by atoms with van der Waals surface area (Å²) in [7, 11) is 0. The van der Waals surface area contributed by atoms with Crippen molar-refractivity contribution in [1.29, 1.82) is 0 Å². The molecular formula is AgCuInPd. The molecule has 0 aromatic heterocycles. The molecule has 4 heteroatoms. The Labute approximate surface area is 84.3 Å². The number of hydrogen-bond acceptors (Lipinski definition) is 0. The third-order valence-corrected chi connectivity index (χ3v) is 0. The van der Waals surface area contributed by atoms with Crippen LogP contribution in [-0.2, 0) is 59.9 Å². The van der Waals surface area contributed by atoms with Gasteiger partial charge in [0.2, 0.25) is 0 Å². The fourth-order valence-electron chi connectivity index (χ4n) is 0. The molecule has 0 heterocycles. The molecule has 0 N–H and O–H groups in total. The minimum absolute atomic E-state index is 0. The van der Waals surface area contributed by atoms with E-state index < -0.39 is 0 Å². The molecule has 0 aromatic carbocycles. The van der Waals surface area contributed by atoms with Crippen LogP contribution in [0.5, 0.6) is 0 Å². The van der Waals surface area contributed by atoms with Crippen LogP contribution in [0, 0.1) is 0 Å². The van der Waals surface area contributed by atoms with E-state index in [1.807, 2.05) is 0 Å². The van der Waals surface area contributed by atoms with Gasteiger partial charge in [0.1, 0.15) is 0 Å². The van der Waals surface area contributed by atoms with Crippen LogP contribution < -0.4 is 0 Å². The second-order valence-electron chi connectivity index (χ2n) is 0. The summed E-state index contributed by atoms with van der Waals surface area (Å²) in [6.45, 7) is 0. The van der Waals surface area contributed by atoms with Gasteiger partial charge in [0.05, 0.1) is 0 Å². The SMILES string of the molecule is [Ag].[Cu].[In].[Pd]. The van der Waals surface area contributed by atoms with Gasteiger partial charge in [-0.1, -0.05) is 0 Å². The molecule has 35 valence electrons. The first-order valence-electron chi connectivity index (χ1n) is 0. The molecule has 0 aromatic rings. The molecule has 0 saturated carbocycles. The molecule has 0 nitrogen and oxygen atoms in total. The quantitative estimate of drug-likeness (QED) is 0.493. The van der Waals surface area contributed by atoms with E-state index in [-0.39, 0.29) is 85.7 Å². The molecule has 0 aliphatic rings. The molecule has 0 rings (SSSR count). The second kappa shape index (κ2) is 17.1. The van der Waals surface area contributed by atoms with Crippen molar-refractivity contribution < 1.29 is 59.9 Å². The van der Waals surface area contributed by atoms with Crippen molar-refractivity contribution >= 4 is 25.8 Å². The van der Waals surface area contributed by atoms with Crippen LogP contribution in [-0.4, -0.2) is 25.8 Å². The van der Waals surface area contributed by atoms with E-state index >= 15 is 0 Å². The molecule has 0 aliphatic heterocycles. The Hall–Kier alpha value is 2.79. The van der Waals surface area contributed by atoms with E-state index in [4.69, 9.17) is 0 Å². The van der Waals surface area contributed by atoms with E-state index in [0.717, 1.165) is 0 Å². The summed E-state index contributed by atoms with van der Waals surface area (Å²) >= 11 is 0. The van der Waals surface area contributed by atoms with Crippen LogP contribution >= 0.6 is 0 Å². The average molecular weight is 393 g/mol. The minimum atomic E-state index is 0. The number of rotatable bonds is 0. The summed E-state index contributed by atoms with van der Waals surface area (Å²) < 4.78 is 0. The van der Waals surface area contributed by atoms with Crippen LogP contribution in [0.25, 0.3) is 0 Å². The van der Waals surface area contributed by atoms with Gasteiger partial charge in [-0.15, -0.1) is 0 Å². The Bertz CT molecular complexity index is 8.00. The van der Waals surface area contributed by atoms with Gasteiger partial charge in [0.15, 0.2) is 0 Å². The smallest absolute Gasteiger partial charge is 0 e. The van der Waals surface area contributed by atoms with Crippen LogP contribution in [0.4, 0.5) is 0 Å². The summed E-state index contributed by atoms with van der Waals surface area (Å²) in [4.78, 5) is 0. The summed E-state index contributed by atoms with van der Waals surface area (Å²) in [6, 6.07) is 0. The summed E-state index contributed by atoms with van der Waals surface area (Å²) in [5.41, 5.74) is 0. The fourth-order valence-corrected chi connectivity index (χ4v) is 0. The minimum Gasteiger partial charge on any atom is 0 e. The molecule has 5 radical (unpaired) electrons. The Kier molecular flexibility index (Phi) is 125. The van der Waals surface area contributed by atoms with Crippen molar-refractivity contribution in [2.45, 2.75) is 0 Å². The molecule has 0 spiro atoms. The topological polar surface area (TPSA) is 0 Å². The van der Waals surface area contributed by atoms with Gasteiger partial charge in [-0.2, -0.15) is 0 Å². The van der Waals surface area contributed by atoms with Gasteiger partial charge in [0.25, 0.3) is 0 Å². The van der Waals surface area contributed by atoms with Crippen molar-refractivity contribution in [1.82, 2.24) is 0 Å². The summed E-state index contributed by atoms with van der Waals surface area (Å²) in [5.74, 6) is 0. The van der Waals surface area contributed by atoms with E-state index in [1.54, 1.807) is 0 Å². The summed E-state index contributed by atoms with van der Waals surface area (Å²) in [6.07, 6.45) is 0. The van der Waals surface area contributed by atoms with Gasteiger partial charge in [0, 0.05) is 85.7 Å². The first kappa shape index (κ1) is 29.2. The summed E-state index contributed by atoms with van der Waals surface area (Å²) in [5, 5.41) is 0. The van der Waals surface area contributed by atoms with Gasteiger partial charge in [-0.3, -0.25) is 0 Å². The maximum Gasteiger partial charge on any atom is 0 e. The van der Waals surface area contributed by atoms with Crippen molar-refractivity contribution in [3.05, 3.63) is 0 Å². The first-order valence-corrected chi connectivity index (χ1v) is 0. The molecule has 0 amide bonds. The molecule has 0 aliphatic carbocycles. The molecule has 0 bridgehead atoms. The predicted molar refractivity (Wildman–Crippen MR) is 5.75 cm³/mol. The Balaban J connectivity index is 0. The van der Waals surface area contributed by atoms with Crippen molar-refractivity contribution in [3.8, 4) is 0 Å². The van der Waals surface area contributed by atoms with Crippen molar-refractivity contribution in [2.75, 3.05) is 0 Å². The normalized spacial score (nSPS) is 0. The van der Waals surface area contributed by atoms with Crippen LogP contribution in [0.3, 0.4) is 0 Å². The Morgan fingerprint density at radius 1 is 1.00 bits per heavy atom. The standard InChI is InChI=1S/Ag.Cu.In.Pd. The zero-order valence-electron chi connectivity index (χ0n) is 1.50. The van der Waals surface area contributed by atoms with Crippen LogP contribution in [0.15, 0.2) is 0 Å². The van der Waals surface area contributed by atoms with E-state index in [2.05, 4.69) is 0 Å². The van der Waals surface area contributed by atoms with Crippen molar-refractivity contribution in [3.63, 3.8) is 0 Å². The fraction of sp³-hybridized carbons (Fsp3) is 0. The molecule has 4 heavy (non-hydrogen) atoms. The first-order chi connectivity index (χ1) is 0. The van der Waals surface area contributed by atoms with Gasteiger partial charge in [-0.05, 0) is 0 Å². The third kappa shape index (κ3) is 8.84. The van der Waals surface area contributed by atoms with Crippen LogP contribution in [0.1, 0.15) is 0 Å². The largest absolute Gasteiger partial charge is 0 e. The van der Waals surface area contributed by atoms with Gasteiger partial charge >= 0.3 is 0 Å². The molecule has 0 saturated heterocycles. The molecule has 0 atom stereocenters. The molecular weight excluding hydrogens is 393 g/mol. The average Bonchev–Trinajstić information content (AvgIpc) is 0.